The summed E-state index contributed by atoms with van der Waals surface area (Å²) >= 11 is 9.70. The first kappa shape index (κ1) is 17.0. The van der Waals surface area contributed by atoms with Gasteiger partial charge in [-0.15, -0.1) is 0 Å². The van der Waals surface area contributed by atoms with Crippen LogP contribution in [0.15, 0.2) is 22.7 Å². The van der Waals surface area contributed by atoms with Crippen LogP contribution in [0.2, 0.25) is 5.02 Å². The Morgan fingerprint density at radius 1 is 1.32 bits per heavy atom. The van der Waals surface area contributed by atoms with E-state index in [-0.39, 0.29) is 0 Å². The van der Waals surface area contributed by atoms with Crippen molar-refractivity contribution in [3.8, 4) is 0 Å². The Bertz CT molecular complexity index is 373. The maximum atomic E-state index is 6.27. The quantitative estimate of drug-likeness (QED) is 0.666. The molecule has 0 aliphatic heterocycles. The van der Waals surface area contributed by atoms with Crippen LogP contribution in [0.3, 0.4) is 0 Å². The molecule has 1 atom stereocenters. The van der Waals surface area contributed by atoms with Crippen LogP contribution in [0.1, 0.15) is 32.3 Å². The summed E-state index contributed by atoms with van der Waals surface area (Å²) in [4.78, 5) is 0. The molecule has 0 amide bonds. The molecule has 2 nitrogen and oxygen atoms in total. The van der Waals surface area contributed by atoms with Crippen molar-refractivity contribution in [3.63, 3.8) is 0 Å². The molecule has 1 aromatic rings. The Morgan fingerprint density at radius 3 is 2.74 bits per heavy atom. The first-order chi connectivity index (χ1) is 9.17. The molecular weight excluding hydrogens is 326 g/mol. The normalized spacial score (nSPS) is 12.6. The lowest BCUT2D eigenvalue weighted by atomic mass is 10.1. The molecule has 0 fully saturated rings. The minimum Gasteiger partial charge on any atom is -0.380 e. The van der Waals surface area contributed by atoms with E-state index in [4.69, 9.17) is 16.3 Å². The van der Waals surface area contributed by atoms with Gasteiger partial charge in [-0.1, -0.05) is 47.4 Å². The SMILES string of the molecule is CCCNC(COCCC)Cc1ccc(Br)cc1Cl. The topological polar surface area (TPSA) is 21.3 Å². The van der Waals surface area contributed by atoms with Crippen molar-refractivity contribution in [1.82, 2.24) is 5.32 Å². The van der Waals surface area contributed by atoms with Gasteiger partial charge in [0.2, 0.25) is 0 Å². The zero-order valence-corrected chi connectivity index (χ0v) is 14.1. The van der Waals surface area contributed by atoms with Crippen molar-refractivity contribution >= 4 is 27.5 Å². The molecule has 0 aliphatic carbocycles. The van der Waals surface area contributed by atoms with Crippen molar-refractivity contribution in [2.24, 2.45) is 0 Å². The lowest BCUT2D eigenvalue weighted by Crippen LogP contribution is -2.36. The van der Waals surface area contributed by atoms with E-state index in [1.807, 2.05) is 12.1 Å². The van der Waals surface area contributed by atoms with Crippen LogP contribution in [-0.4, -0.2) is 25.8 Å². The summed E-state index contributed by atoms with van der Waals surface area (Å²) in [7, 11) is 0. The Morgan fingerprint density at radius 2 is 2.11 bits per heavy atom. The average molecular weight is 349 g/mol. The average Bonchev–Trinajstić information content (AvgIpc) is 2.39. The fourth-order valence-electron chi connectivity index (χ4n) is 1.86. The first-order valence-electron chi connectivity index (χ1n) is 6.92. The number of ether oxygens (including phenoxy) is 1. The van der Waals surface area contributed by atoms with Gasteiger partial charge in [0.05, 0.1) is 6.61 Å². The highest BCUT2D eigenvalue weighted by molar-refractivity contribution is 9.10. The lowest BCUT2D eigenvalue weighted by molar-refractivity contribution is 0.112. The molecule has 0 aromatic heterocycles. The third-order valence-corrected chi connectivity index (χ3v) is 3.68. The van der Waals surface area contributed by atoms with Gasteiger partial charge < -0.3 is 10.1 Å². The number of halogens is 2. The number of benzene rings is 1. The van der Waals surface area contributed by atoms with Gasteiger partial charge in [-0.25, -0.2) is 0 Å². The highest BCUT2D eigenvalue weighted by atomic mass is 79.9. The van der Waals surface area contributed by atoms with E-state index >= 15 is 0 Å². The maximum Gasteiger partial charge on any atom is 0.0622 e. The minimum absolute atomic E-state index is 0.324. The summed E-state index contributed by atoms with van der Waals surface area (Å²) in [6.07, 6.45) is 3.08. The van der Waals surface area contributed by atoms with Gasteiger partial charge in [-0.05, 0) is 43.5 Å². The summed E-state index contributed by atoms with van der Waals surface area (Å²) in [5.74, 6) is 0. The monoisotopic (exact) mass is 347 g/mol. The third kappa shape index (κ3) is 6.75. The number of nitrogens with one attached hydrogen (secondary N) is 1. The van der Waals surface area contributed by atoms with E-state index < -0.39 is 0 Å². The Hall–Kier alpha value is -0.0900. The summed E-state index contributed by atoms with van der Waals surface area (Å²) < 4.78 is 6.68. The minimum atomic E-state index is 0.324. The van der Waals surface area contributed by atoms with Gasteiger partial charge in [-0.3, -0.25) is 0 Å². The van der Waals surface area contributed by atoms with Crippen molar-refractivity contribution in [1.29, 1.82) is 0 Å². The van der Waals surface area contributed by atoms with Gasteiger partial charge in [0.25, 0.3) is 0 Å². The zero-order valence-electron chi connectivity index (χ0n) is 11.7. The number of hydrogen-bond acceptors (Lipinski definition) is 2. The lowest BCUT2D eigenvalue weighted by Gasteiger charge is -2.19. The Kier molecular flexibility index (Phi) is 8.71. The molecule has 0 heterocycles. The van der Waals surface area contributed by atoms with Gasteiger partial charge in [0.1, 0.15) is 0 Å². The molecule has 0 bridgehead atoms. The molecular formula is C15H23BrClNO. The molecule has 0 saturated heterocycles. The van der Waals surface area contributed by atoms with E-state index in [1.165, 1.54) is 5.56 Å². The van der Waals surface area contributed by atoms with E-state index in [0.717, 1.165) is 48.5 Å². The second-order valence-electron chi connectivity index (χ2n) is 4.67. The van der Waals surface area contributed by atoms with E-state index in [9.17, 15) is 0 Å². The van der Waals surface area contributed by atoms with Crippen molar-refractivity contribution in [2.75, 3.05) is 19.8 Å². The molecule has 4 heteroatoms. The number of hydrogen-bond donors (Lipinski definition) is 1. The number of rotatable bonds is 9. The summed E-state index contributed by atoms with van der Waals surface area (Å²) in [5.41, 5.74) is 1.17. The molecule has 0 saturated carbocycles. The maximum absolute atomic E-state index is 6.27. The van der Waals surface area contributed by atoms with Crippen molar-refractivity contribution in [2.45, 2.75) is 39.2 Å². The van der Waals surface area contributed by atoms with Gasteiger partial charge in [0.15, 0.2) is 0 Å². The van der Waals surface area contributed by atoms with Gasteiger partial charge in [0, 0.05) is 22.1 Å². The van der Waals surface area contributed by atoms with Crippen LogP contribution in [0, 0.1) is 0 Å². The van der Waals surface area contributed by atoms with Crippen LogP contribution in [0.5, 0.6) is 0 Å². The second kappa shape index (κ2) is 9.76. The highest BCUT2D eigenvalue weighted by Gasteiger charge is 2.11. The van der Waals surface area contributed by atoms with Crippen LogP contribution < -0.4 is 5.32 Å². The first-order valence-corrected chi connectivity index (χ1v) is 8.09. The smallest absolute Gasteiger partial charge is 0.0622 e. The molecule has 1 unspecified atom stereocenters. The summed E-state index contributed by atoms with van der Waals surface area (Å²) in [5, 5.41) is 4.34. The molecule has 1 N–H and O–H groups in total. The van der Waals surface area contributed by atoms with Crippen LogP contribution in [0.25, 0.3) is 0 Å². The van der Waals surface area contributed by atoms with Gasteiger partial charge >= 0.3 is 0 Å². The van der Waals surface area contributed by atoms with Crippen LogP contribution in [-0.2, 0) is 11.2 Å². The third-order valence-electron chi connectivity index (χ3n) is 2.83. The van der Waals surface area contributed by atoms with Crippen molar-refractivity contribution in [3.05, 3.63) is 33.3 Å². The zero-order chi connectivity index (χ0) is 14.1. The molecule has 1 aromatic carbocycles. The van der Waals surface area contributed by atoms with Gasteiger partial charge in [-0.2, -0.15) is 0 Å². The second-order valence-corrected chi connectivity index (χ2v) is 5.99. The molecule has 108 valence electrons. The predicted molar refractivity (Wildman–Crippen MR) is 86.0 cm³/mol. The van der Waals surface area contributed by atoms with Crippen LogP contribution in [0.4, 0.5) is 0 Å². The Balaban J connectivity index is 2.58. The molecule has 19 heavy (non-hydrogen) atoms. The Labute approximate surface area is 130 Å². The molecule has 1 rings (SSSR count). The fraction of sp³-hybridized carbons (Fsp3) is 0.600. The largest absolute Gasteiger partial charge is 0.380 e. The van der Waals surface area contributed by atoms with Crippen LogP contribution >= 0.6 is 27.5 Å². The van der Waals surface area contributed by atoms with E-state index in [0.29, 0.717) is 6.04 Å². The molecule has 0 radical (unpaired) electrons. The molecule has 0 aliphatic rings. The summed E-state index contributed by atoms with van der Waals surface area (Å²) in [6.45, 7) is 6.86. The van der Waals surface area contributed by atoms with E-state index in [1.54, 1.807) is 0 Å². The fourth-order valence-corrected chi connectivity index (χ4v) is 2.61. The molecule has 0 spiro atoms. The predicted octanol–water partition coefficient (Wildman–Crippen LogP) is 4.44. The highest BCUT2D eigenvalue weighted by Crippen LogP contribution is 2.22. The van der Waals surface area contributed by atoms with Crippen molar-refractivity contribution < 1.29 is 4.74 Å². The standard InChI is InChI=1S/C15H23BrClNO/c1-3-7-18-14(11-19-8-4-2)9-12-5-6-13(16)10-15(12)17/h5-6,10,14,18H,3-4,7-9,11H2,1-2H3. The summed E-state index contributed by atoms with van der Waals surface area (Å²) in [6, 6.07) is 6.38. The van der Waals surface area contributed by atoms with E-state index in [2.05, 4.69) is 41.2 Å².